The number of nitrogens with zero attached hydrogens (tertiary/aromatic N) is 6. The average molecular weight is 364 g/mol. The van der Waals surface area contributed by atoms with Gasteiger partial charge in [-0.3, -0.25) is 4.79 Å². The molecular weight excluding hydrogens is 342 g/mol. The van der Waals surface area contributed by atoms with E-state index in [4.69, 9.17) is 0 Å². The van der Waals surface area contributed by atoms with Crippen LogP contribution in [0.1, 0.15) is 31.4 Å². The van der Waals surface area contributed by atoms with Crippen molar-refractivity contribution in [1.29, 1.82) is 0 Å². The number of hydrogen-bond donors (Lipinski definition) is 0. The molecule has 9 heteroatoms. The highest BCUT2D eigenvalue weighted by molar-refractivity contribution is 5.79. The molecule has 26 heavy (non-hydrogen) atoms. The van der Waals surface area contributed by atoms with E-state index in [9.17, 15) is 13.6 Å². The Labute approximate surface area is 150 Å². The van der Waals surface area contributed by atoms with Gasteiger partial charge in [0.2, 0.25) is 5.91 Å². The van der Waals surface area contributed by atoms with Crippen LogP contribution in [0.3, 0.4) is 0 Å². The quantitative estimate of drug-likeness (QED) is 0.814. The van der Waals surface area contributed by atoms with E-state index in [1.807, 2.05) is 13.0 Å². The molecular formula is C17H22F2N6O. The first-order valence-electron chi connectivity index (χ1n) is 9.02. The largest absolute Gasteiger partial charge is 0.356 e. The van der Waals surface area contributed by atoms with Gasteiger partial charge in [0, 0.05) is 56.7 Å². The molecule has 1 amide bonds. The highest BCUT2D eigenvalue weighted by Gasteiger charge is 2.38. The molecule has 2 aliphatic heterocycles. The van der Waals surface area contributed by atoms with Crippen molar-refractivity contribution in [3.63, 3.8) is 0 Å². The number of likely N-dealkylation sites (tertiary alicyclic amines) is 1. The van der Waals surface area contributed by atoms with Crippen molar-refractivity contribution in [2.45, 2.75) is 38.5 Å². The van der Waals surface area contributed by atoms with Crippen molar-refractivity contribution in [1.82, 2.24) is 24.5 Å². The van der Waals surface area contributed by atoms with Crippen molar-refractivity contribution in [3.05, 3.63) is 18.1 Å². The Kier molecular flexibility index (Phi) is 4.24. The van der Waals surface area contributed by atoms with Gasteiger partial charge in [-0.25, -0.2) is 13.8 Å². The van der Waals surface area contributed by atoms with E-state index in [-0.39, 0.29) is 37.8 Å². The molecule has 2 aromatic heterocycles. The summed E-state index contributed by atoms with van der Waals surface area (Å²) >= 11 is 0. The van der Waals surface area contributed by atoms with Crippen LogP contribution in [-0.4, -0.2) is 62.5 Å². The number of rotatable bonds is 2. The van der Waals surface area contributed by atoms with Gasteiger partial charge in [0.1, 0.15) is 12.1 Å². The summed E-state index contributed by atoms with van der Waals surface area (Å²) in [7, 11) is 0. The van der Waals surface area contributed by atoms with Crippen LogP contribution in [0.5, 0.6) is 0 Å². The summed E-state index contributed by atoms with van der Waals surface area (Å²) in [6.07, 6.45) is 2.45. The number of amides is 1. The smallest absolute Gasteiger partial charge is 0.254 e. The first-order valence-corrected chi connectivity index (χ1v) is 9.02. The van der Waals surface area contributed by atoms with Gasteiger partial charge in [0.25, 0.3) is 11.7 Å². The van der Waals surface area contributed by atoms with E-state index in [0.29, 0.717) is 18.6 Å². The van der Waals surface area contributed by atoms with Gasteiger partial charge in [0.15, 0.2) is 0 Å². The van der Waals surface area contributed by atoms with Crippen LogP contribution >= 0.6 is 0 Å². The van der Waals surface area contributed by atoms with E-state index < -0.39 is 5.92 Å². The van der Waals surface area contributed by atoms with E-state index in [0.717, 1.165) is 24.6 Å². The minimum absolute atomic E-state index is 0.0250. The SMILES string of the molecule is Cc1cc(N2CCC(C(=O)N3CCC(F)(F)CC3)CC2)n2ncnc2n1. The summed E-state index contributed by atoms with van der Waals surface area (Å²) in [5.41, 5.74) is 0.868. The summed E-state index contributed by atoms with van der Waals surface area (Å²) in [5.74, 6) is -1.20. The lowest BCUT2D eigenvalue weighted by molar-refractivity contribution is -0.142. The average Bonchev–Trinajstić information content (AvgIpc) is 3.09. The lowest BCUT2D eigenvalue weighted by Gasteiger charge is -2.37. The molecule has 0 aliphatic carbocycles. The Morgan fingerprint density at radius 1 is 1.19 bits per heavy atom. The van der Waals surface area contributed by atoms with Crippen molar-refractivity contribution in [2.75, 3.05) is 31.1 Å². The summed E-state index contributed by atoms with van der Waals surface area (Å²) in [5, 5.41) is 4.23. The molecule has 7 nitrogen and oxygen atoms in total. The Bertz CT molecular complexity index is 805. The second-order valence-electron chi connectivity index (χ2n) is 7.17. The Balaban J connectivity index is 1.41. The fourth-order valence-electron chi connectivity index (χ4n) is 3.80. The predicted octanol–water partition coefficient (Wildman–Crippen LogP) is 1.91. The van der Waals surface area contributed by atoms with Gasteiger partial charge in [-0.1, -0.05) is 0 Å². The number of carbonyl (C=O) groups excluding carboxylic acids is 1. The van der Waals surface area contributed by atoms with Crippen LogP contribution in [0.2, 0.25) is 0 Å². The minimum Gasteiger partial charge on any atom is -0.356 e. The maximum Gasteiger partial charge on any atom is 0.254 e. The summed E-state index contributed by atoms with van der Waals surface area (Å²) < 4.78 is 28.3. The Morgan fingerprint density at radius 2 is 1.88 bits per heavy atom. The van der Waals surface area contributed by atoms with Gasteiger partial charge >= 0.3 is 0 Å². The topological polar surface area (TPSA) is 66.6 Å². The molecule has 140 valence electrons. The number of alkyl halides is 2. The van der Waals surface area contributed by atoms with Crippen molar-refractivity contribution >= 4 is 17.5 Å². The van der Waals surface area contributed by atoms with Crippen LogP contribution in [0, 0.1) is 12.8 Å². The first kappa shape index (κ1) is 17.1. The van der Waals surface area contributed by atoms with E-state index in [2.05, 4.69) is 20.0 Å². The molecule has 0 aromatic carbocycles. The Morgan fingerprint density at radius 3 is 2.58 bits per heavy atom. The molecule has 2 aromatic rings. The van der Waals surface area contributed by atoms with Gasteiger partial charge in [0.05, 0.1) is 0 Å². The molecule has 0 atom stereocenters. The first-order chi connectivity index (χ1) is 12.4. The maximum atomic E-state index is 13.3. The molecule has 2 aliphatic rings. The van der Waals surface area contributed by atoms with E-state index in [1.165, 1.54) is 6.33 Å². The monoisotopic (exact) mass is 364 g/mol. The standard InChI is InChI=1S/C17H22F2N6O/c1-12-10-14(25-16(22-12)20-11-21-25)23-6-2-13(3-7-23)15(26)24-8-4-17(18,19)5-9-24/h10-11,13H,2-9H2,1H3. The summed E-state index contributed by atoms with van der Waals surface area (Å²) in [6, 6.07) is 1.97. The molecule has 0 bridgehead atoms. The molecule has 0 radical (unpaired) electrons. The number of aryl methyl sites for hydroxylation is 1. The molecule has 0 unspecified atom stereocenters. The third-order valence-electron chi connectivity index (χ3n) is 5.34. The lowest BCUT2D eigenvalue weighted by atomic mass is 9.94. The van der Waals surface area contributed by atoms with Crippen molar-refractivity contribution in [3.8, 4) is 0 Å². The van der Waals surface area contributed by atoms with Crippen LogP contribution < -0.4 is 4.90 Å². The molecule has 0 saturated carbocycles. The zero-order valence-electron chi connectivity index (χ0n) is 14.7. The Hall–Kier alpha value is -2.32. The number of piperidine rings is 2. The molecule has 4 heterocycles. The summed E-state index contributed by atoms with van der Waals surface area (Å²) in [6.45, 7) is 3.68. The van der Waals surface area contributed by atoms with Crippen molar-refractivity contribution < 1.29 is 13.6 Å². The van der Waals surface area contributed by atoms with Crippen LogP contribution in [0.25, 0.3) is 5.78 Å². The van der Waals surface area contributed by atoms with E-state index >= 15 is 0 Å². The van der Waals surface area contributed by atoms with Crippen LogP contribution in [0.4, 0.5) is 14.6 Å². The maximum absolute atomic E-state index is 13.3. The number of halogens is 2. The fraction of sp³-hybridized carbons (Fsp3) is 0.647. The molecule has 0 N–H and O–H groups in total. The zero-order chi connectivity index (χ0) is 18.3. The second kappa shape index (κ2) is 6.44. The van der Waals surface area contributed by atoms with E-state index in [1.54, 1.807) is 9.42 Å². The number of aromatic nitrogens is 4. The number of anilines is 1. The summed E-state index contributed by atoms with van der Waals surface area (Å²) in [4.78, 5) is 24.9. The zero-order valence-corrected chi connectivity index (χ0v) is 14.7. The van der Waals surface area contributed by atoms with Gasteiger partial charge < -0.3 is 9.80 Å². The highest BCUT2D eigenvalue weighted by atomic mass is 19.3. The molecule has 2 fully saturated rings. The van der Waals surface area contributed by atoms with Gasteiger partial charge in [-0.2, -0.15) is 14.6 Å². The van der Waals surface area contributed by atoms with Gasteiger partial charge in [-0.05, 0) is 19.8 Å². The van der Waals surface area contributed by atoms with Crippen LogP contribution in [-0.2, 0) is 4.79 Å². The second-order valence-corrected chi connectivity index (χ2v) is 7.17. The lowest BCUT2D eigenvalue weighted by Crippen LogP contribution is -2.47. The highest BCUT2D eigenvalue weighted by Crippen LogP contribution is 2.30. The molecule has 2 saturated heterocycles. The third-order valence-corrected chi connectivity index (χ3v) is 5.34. The minimum atomic E-state index is -2.62. The van der Waals surface area contributed by atoms with Crippen molar-refractivity contribution in [2.24, 2.45) is 5.92 Å². The number of fused-ring (bicyclic) bond motifs is 1. The normalized spacial score (nSPS) is 21.3. The number of carbonyl (C=O) groups is 1. The van der Waals surface area contributed by atoms with Gasteiger partial charge in [-0.15, -0.1) is 0 Å². The molecule has 4 rings (SSSR count). The predicted molar refractivity (Wildman–Crippen MR) is 91.2 cm³/mol. The van der Waals surface area contributed by atoms with Crippen LogP contribution in [0.15, 0.2) is 12.4 Å². The third kappa shape index (κ3) is 3.22. The number of hydrogen-bond acceptors (Lipinski definition) is 5. The fourth-order valence-corrected chi connectivity index (χ4v) is 3.80. The molecule has 0 spiro atoms.